The van der Waals surface area contributed by atoms with Gasteiger partial charge in [0.2, 0.25) is 0 Å². The molecule has 0 heterocycles. The minimum absolute atomic E-state index is 0. The van der Waals surface area contributed by atoms with Crippen LogP contribution < -0.4 is 0 Å². The fourth-order valence-corrected chi connectivity index (χ4v) is 2.29. The minimum atomic E-state index is -0.655. The van der Waals surface area contributed by atoms with Gasteiger partial charge in [0.1, 0.15) is 0 Å². The Balaban J connectivity index is 0. The van der Waals surface area contributed by atoms with Crippen LogP contribution in [0.2, 0.25) is 0 Å². The molecule has 0 unspecified atom stereocenters. The number of hydrogen-bond acceptors (Lipinski definition) is 1. The van der Waals surface area contributed by atoms with Crippen LogP contribution in [0.5, 0.6) is 0 Å². The molecule has 0 atom stereocenters. The van der Waals surface area contributed by atoms with Crippen LogP contribution in [0.15, 0.2) is 0 Å². The van der Waals surface area contributed by atoms with Gasteiger partial charge in [0.15, 0.2) is 0 Å². The molecular weight excluding hydrogens is 343 g/mol. The van der Waals surface area contributed by atoms with E-state index in [4.69, 9.17) is 5.11 Å². The van der Waals surface area contributed by atoms with Crippen LogP contribution in [0, 0.1) is 0 Å². The van der Waals surface area contributed by atoms with Crippen molar-refractivity contribution in [3.63, 3.8) is 0 Å². The second-order valence-corrected chi connectivity index (χ2v) is 5.39. The Morgan fingerprint density at radius 2 is 1.00 bits per heavy atom. The monoisotopic (exact) mass is 378 g/mol. The van der Waals surface area contributed by atoms with Crippen LogP contribution in [0.3, 0.4) is 0 Å². The van der Waals surface area contributed by atoms with Gasteiger partial charge in [0.05, 0.1) is 0 Å². The third-order valence-electron chi connectivity index (χ3n) is 3.49. The van der Waals surface area contributed by atoms with E-state index in [-0.39, 0.29) is 23.9 Å². The molecule has 0 fully saturated rings. The third kappa shape index (κ3) is 20.7. The molecule has 0 spiro atoms. The molecule has 0 aromatic rings. The van der Waals surface area contributed by atoms with Crippen molar-refractivity contribution in [2.45, 2.75) is 96.8 Å². The van der Waals surface area contributed by atoms with E-state index < -0.39 is 5.97 Å². The maximum absolute atomic E-state index is 10.3. The van der Waals surface area contributed by atoms with Gasteiger partial charge in [-0.15, -0.1) is 0 Å². The summed E-state index contributed by atoms with van der Waals surface area (Å²) in [5, 5.41) is 8.49. The molecule has 0 aromatic carbocycles. The van der Waals surface area contributed by atoms with Crippen LogP contribution in [0.25, 0.3) is 0 Å². The predicted octanol–water partition coefficient (Wildman–Crippen LogP) is 4.64. The van der Waals surface area contributed by atoms with Crippen molar-refractivity contribution in [3.05, 3.63) is 0 Å². The number of carboxylic acid groups (broad SMARTS) is 1. The van der Waals surface area contributed by atoms with Gasteiger partial charge < -0.3 is 5.11 Å². The van der Waals surface area contributed by atoms with Gasteiger partial charge in [0.25, 0.3) is 0 Å². The zero-order chi connectivity index (χ0) is 13.5. The summed E-state index contributed by atoms with van der Waals surface area (Å²) < 4.78 is 0. The Morgan fingerprint density at radius 1 is 0.684 bits per heavy atom. The summed E-state index contributed by atoms with van der Waals surface area (Å²) in [7, 11) is 0. The number of aliphatic carboxylic acids is 1. The summed E-state index contributed by atoms with van der Waals surface area (Å²) in [6.45, 7) is 2.26. The molecule has 0 amide bonds. The van der Waals surface area contributed by atoms with Crippen LogP contribution in [0.4, 0.5) is 0 Å². The first kappa shape index (κ1) is 21.6. The van der Waals surface area contributed by atoms with Gasteiger partial charge in [-0.1, -0.05) is 84.0 Å². The Hall–Kier alpha value is 0.269. The molecular formula is C16H34O2Sn. The number of unbranched alkanes of at least 4 members (excludes halogenated alkanes) is 12. The number of carboxylic acids is 1. The summed E-state index contributed by atoms with van der Waals surface area (Å²) in [4.78, 5) is 10.3. The number of carbonyl (C=O) groups is 1. The molecule has 0 aliphatic rings. The molecule has 114 valence electrons. The zero-order valence-electron chi connectivity index (χ0n) is 13.0. The standard InChI is InChI=1S/C16H32O2.Sn.2H/c1-2-3-4-5-6-7-8-9-10-11-12-13-14-15-16(17)18;;;/h2-15H2,1H3,(H,17,18);;;. The molecule has 0 bridgehead atoms. The van der Waals surface area contributed by atoms with Gasteiger partial charge in [-0.05, 0) is 6.42 Å². The fraction of sp³-hybridized carbons (Fsp3) is 0.938. The quantitative estimate of drug-likeness (QED) is 0.354. The average Bonchev–Trinajstić information content (AvgIpc) is 2.34. The number of rotatable bonds is 14. The van der Waals surface area contributed by atoms with E-state index in [2.05, 4.69) is 6.92 Å². The number of hydrogen-bond donors (Lipinski definition) is 1. The molecule has 0 rings (SSSR count). The van der Waals surface area contributed by atoms with Gasteiger partial charge in [-0.3, -0.25) is 4.79 Å². The molecule has 0 aromatic heterocycles. The van der Waals surface area contributed by atoms with E-state index in [0.29, 0.717) is 6.42 Å². The van der Waals surface area contributed by atoms with Crippen molar-refractivity contribution in [2.24, 2.45) is 0 Å². The van der Waals surface area contributed by atoms with Crippen molar-refractivity contribution in [3.8, 4) is 0 Å². The van der Waals surface area contributed by atoms with Gasteiger partial charge in [-0.2, -0.15) is 0 Å². The van der Waals surface area contributed by atoms with E-state index in [0.717, 1.165) is 12.8 Å². The first-order valence-electron chi connectivity index (χ1n) is 7.99. The molecule has 1 N–H and O–H groups in total. The van der Waals surface area contributed by atoms with E-state index in [9.17, 15) is 4.79 Å². The van der Waals surface area contributed by atoms with Crippen molar-refractivity contribution in [2.75, 3.05) is 0 Å². The van der Waals surface area contributed by atoms with Crippen LogP contribution in [-0.4, -0.2) is 35.0 Å². The fourth-order valence-electron chi connectivity index (χ4n) is 2.29. The van der Waals surface area contributed by atoms with Crippen LogP contribution in [-0.2, 0) is 4.79 Å². The molecule has 0 saturated carbocycles. The van der Waals surface area contributed by atoms with Gasteiger partial charge in [0, 0.05) is 6.42 Å². The third-order valence-corrected chi connectivity index (χ3v) is 3.49. The normalized spacial score (nSPS) is 10.2. The Kier molecular flexibility index (Phi) is 20.7. The maximum atomic E-state index is 10.3. The van der Waals surface area contributed by atoms with E-state index in [1.807, 2.05) is 0 Å². The molecule has 3 heteroatoms. The topological polar surface area (TPSA) is 37.3 Å². The summed E-state index contributed by atoms with van der Waals surface area (Å²) in [6, 6.07) is 0. The van der Waals surface area contributed by atoms with Gasteiger partial charge in [-0.25, -0.2) is 0 Å². The first-order valence-corrected chi connectivity index (χ1v) is 7.99. The molecule has 0 aliphatic carbocycles. The Morgan fingerprint density at radius 3 is 1.32 bits per heavy atom. The van der Waals surface area contributed by atoms with E-state index in [1.54, 1.807) is 0 Å². The zero-order valence-corrected chi connectivity index (χ0v) is 17.0. The van der Waals surface area contributed by atoms with E-state index >= 15 is 0 Å². The Labute approximate surface area is 136 Å². The second-order valence-electron chi connectivity index (χ2n) is 5.39. The molecule has 2 radical (unpaired) electrons. The van der Waals surface area contributed by atoms with Gasteiger partial charge >= 0.3 is 29.9 Å². The first-order chi connectivity index (χ1) is 8.77. The summed E-state index contributed by atoms with van der Waals surface area (Å²) in [6.07, 6.45) is 17.3. The van der Waals surface area contributed by atoms with E-state index in [1.165, 1.54) is 70.6 Å². The predicted molar refractivity (Wildman–Crippen MR) is 86.5 cm³/mol. The van der Waals surface area contributed by atoms with Crippen LogP contribution >= 0.6 is 0 Å². The molecule has 2 nitrogen and oxygen atoms in total. The van der Waals surface area contributed by atoms with Crippen molar-refractivity contribution in [1.82, 2.24) is 0 Å². The summed E-state index contributed by atoms with van der Waals surface area (Å²) >= 11 is 0. The van der Waals surface area contributed by atoms with Crippen LogP contribution in [0.1, 0.15) is 96.8 Å². The second kappa shape index (κ2) is 18.3. The van der Waals surface area contributed by atoms with Crippen molar-refractivity contribution < 1.29 is 9.90 Å². The van der Waals surface area contributed by atoms with Crippen molar-refractivity contribution in [1.29, 1.82) is 0 Å². The summed E-state index contributed by atoms with van der Waals surface area (Å²) in [5.74, 6) is -0.655. The Bertz CT molecular complexity index is 184. The molecule has 0 saturated heterocycles. The molecule has 19 heavy (non-hydrogen) atoms. The summed E-state index contributed by atoms with van der Waals surface area (Å²) in [5.41, 5.74) is 0. The average molecular weight is 377 g/mol. The SMILES string of the molecule is CCCCCCCCCCCCCCCC(=O)O.[SnH2]. The molecule has 0 aliphatic heterocycles. The van der Waals surface area contributed by atoms with Crippen molar-refractivity contribution >= 4 is 29.9 Å².